The SMILES string of the molecule is CNC(=O)C1(C)CCCN(c2ccc(C)nn2)C1. The summed E-state index contributed by atoms with van der Waals surface area (Å²) >= 11 is 0. The zero-order valence-electron chi connectivity index (χ0n) is 11.2. The molecule has 1 aliphatic rings. The molecule has 5 heteroatoms. The van der Waals surface area contributed by atoms with Gasteiger partial charge in [0.15, 0.2) is 5.82 Å². The first-order valence-corrected chi connectivity index (χ1v) is 6.33. The number of aryl methyl sites for hydroxylation is 1. The quantitative estimate of drug-likeness (QED) is 0.852. The van der Waals surface area contributed by atoms with Gasteiger partial charge in [-0.25, -0.2) is 0 Å². The van der Waals surface area contributed by atoms with Gasteiger partial charge in [0.2, 0.25) is 5.91 Å². The van der Waals surface area contributed by atoms with Gasteiger partial charge in [-0.2, -0.15) is 5.10 Å². The number of rotatable bonds is 2. The molecule has 2 heterocycles. The van der Waals surface area contributed by atoms with Gasteiger partial charge in [0, 0.05) is 20.1 Å². The predicted octanol–water partition coefficient (Wildman–Crippen LogP) is 1.14. The number of nitrogens with one attached hydrogen (secondary N) is 1. The Balaban J connectivity index is 2.16. The zero-order chi connectivity index (χ0) is 13.2. The van der Waals surface area contributed by atoms with E-state index in [1.54, 1.807) is 7.05 Å². The van der Waals surface area contributed by atoms with Crippen LogP contribution in [0.1, 0.15) is 25.5 Å². The van der Waals surface area contributed by atoms with Crippen molar-refractivity contribution in [1.29, 1.82) is 0 Å². The molecule has 2 rings (SSSR count). The molecule has 1 N–H and O–H groups in total. The van der Waals surface area contributed by atoms with E-state index in [1.165, 1.54) is 0 Å². The molecule has 0 aliphatic carbocycles. The number of nitrogens with zero attached hydrogens (tertiary/aromatic N) is 3. The number of piperidine rings is 1. The van der Waals surface area contributed by atoms with Crippen LogP contribution in [0.25, 0.3) is 0 Å². The first kappa shape index (κ1) is 12.8. The lowest BCUT2D eigenvalue weighted by Gasteiger charge is -2.39. The lowest BCUT2D eigenvalue weighted by atomic mass is 9.81. The fraction of sp³-hybridized carbons (Fsp3) is 0.615. The van der Waals surface area contributed by atoms with Crippen LogP contribution in [0.2, 0.25) is 0 Å². The Morgan fingerprint density at radius 2 is 2.22 bits per heavy atom. The molecule has 1 fully saturated rings. The minimum Gasteiger partial charge on any atom is -0.359 e. The van der Waals surface area contributed by atoms with E-state index in [1.807, 2.05) is 26.0 Å². The highest BCUT2D eigenvalue weighted by Crippen LogP contribution is 2.31. The average Bonchev–Trinajstić information content (AvgIpc) is 2.38. The van der Waals surface area contributed by atoms with Crippen molar-refractivity contribution in [2.45, 2.75) is 26.7 Å². The molecular formula is C13H20N4O. The summed E-state index contributed by atoms with van der Waals surface area (Å²) in [5, 5.41) is 11.0. The maximum atomic E-state index is 11.9. The molecule has 0 spiro atoms. The first-order chi connectivity index (χ1) is 8.55. The maximum absolute atomic E-state index is 11.9. The molecule has 0 radical (unpaired) electrons. The van der Waals surface area contributed by atoms with Crippen molar-refractivity contribution in [3.05, 3.63) is 17.8 Å². The Bertz CT molecular complexity index is 431. The standard InChI is InChI=1S/C13H20N4O/c1-10-5-6-11(16-15-10)17-8-4-7-13(2,9-17)12(18)14-3/h5-6H,4,7-9H2,1-3H3,(H,14,18). The third kappa shape index (κ3) is 2.44. The molecule has 1 amide bonds. The average molecular weight is 248 g/mol. The van der Waals surface area contributed by atoms with Crippen LogP contribution in [0.15, 0.2) is 12.1 Å². The normalized spacial score (nSPS) is 23.8. The Hall–Kier alpha value is -1.65. The molecule has 0 bridgehead atoms. The minimum atomic E-state index is -0.334. The van der Waals surface area contributed by atoms with E-state index in [0.717, 1.165) is 30.9 Å². The number of carbonyl (C=O) groups excluding carboxylic acids is 1. The van der Waals surface area contributed by atoms with Gasteiger partial charge in [-0.1, -0.05) is 0 Å². The largest absolute Gasteiger partial charge is 0.359 e. The first-order valence-electron chi connectivity index (χ1n) is 6.33. The van der Waals surface area contributed by atoms with Crippen LogP contribution >= 0.6 is 0 Å². The number of amides is 1. The van der Waals surface area contributed by atoms with Gasteiger partial charge in [0.25, 0.3) is 0 Å². The monoisotopic (exact) mass is 248 g/mol. The van der Waals surface area contributed by atoms with Gasteiger partial charge in [-0.3, -0.25) is 4.79 Å². The summed E-state index contributed by atoms with van der Waals surface area (Å²) in [6.07, 6.45) is 1.92. The summed E-state index contributed by atoms with van der Waals surface area (Å²) in [5.74, 6) is 0.961. The molecule has 1 atom stereocenters. The molecule has 1 unspecified atom stereocenters. The van der Waals surface area contributed by atoms with Crippen molar-refractivity contribution in [2.75, 3.05) is 25.0 Å². The Morgan fingerprint density at radius 1 is 1.44 bits per heavy atom. The van der Waals surface area contributed by atoms with E-state index >= 15 is 0 Å². The van der Waals surface area contributed by atoms with Crippen LogP contribution in [-0.4, -0.2) is 36.2 Å². The fourth-order valence-electron chi connectivity index (χ4n) is 2.48. The highest BCUT2D eigenvalue weighted by Gasteiger charge is 2.37. The van der Waals surface area contributed by atoms with Gasteiger partial charge < -0.3 is 10.2 Å². The van der Waals surface area contributed by atoms with E-state index in [9.17, 15) is 4.79 Å². The molecule has 0 saturated carbocycles. The lowest BCUT2D eigenvalue weighted by Crippen LogP contribution is -2.50. The third-order valence-corrected chi connectivity index (χ3v) is 3.58. The number of anilines is 1. The molecule has 98 valence electrons. The second-order valence-electron chi connectivity index (χ2n) is 5.20. The summed E-state index contributed by atoms with van der Waals surface area (Å²) in [6, 6.07) is 3.92. The maximum Gasteiger partial charge on any atom is 0.227 e. The van der Waals surface area contributed by atoms with Crippen molar-refractivity contribution in [3.63, 3.8) is 0 Å². The Labute approximate surface area is 108 Å². The summed E-state index contributed by atoms with van der Waals surface area (Å²) in [6.45, 7) is 5.57. The van der Waals surface area contributed by atoms with Gasteiger partial charge in [0.1, 0.15) is 0 Å². The van der Waals surface area contributed by atoms with Crippen molar-refractivity contribution in [3.8, 4) is 0 Å². The third-order valence-electron chi connectivity index (χ3n) is 3.58. The lowest BCUT2D eigenvalue weighted by molar-refractivity contribution is -0.130. The number of hydrogen-bond acceptors (Lipinski definition) is 4. The van der Waals surface area contributed by atoms with Crippen LogP contribution < -0.4 is 10.2 Å². The van der Waals surface area contributed by atoms with Crippen LogP contribution in [0.3, 0.4) is 0 Å². The molecule has 0 aromatic carbocycles. The fourth-order valence-corrected chi connectivity index (χ4v) is 2.48. The van der Waals surface area contributed by atoms with Gasteiger partial charge >= 0.3 is 0 Å². The molecule has 18 heavy (non-hydrogen) atoms. The van der Waals surface area contributed by atoms with Crippen LogP contribution in [0.5, 0.6) is 0 Å². The molecule has 1 aromatic rings. The Morgan fingerprint density at radius 3 is 2.83 bits per heavy atom. The van der Waals surface area contributed by atoms with Crippen molar-refractivity contribution < 1.29 is 4.79 Å². The zero-order valence-corrected chi connectivity index (χ0v) is 11.2. The summed E-state index contributed by atoms with van der Waals surface area (Å²) in [5.41, 5.74) is 0.573. The second-order valence-corrected chi connectivity index (χ2v) is 5.20. The summed E-state index contributed by atoms with van der Waals surface area (Å²) < 4.78 is 0. The summed E-state index contributed by atoms with van der Waals surface area (Å²) in [4.78, 5) is 14.1. The van der Waals surface area contributed by atoms with E-state index in [4.69, 9.17) is 0 Å². The smallest absolute Gasteiger partial charge is 0.227 e. The molecule has 1 aliphatic heterocycles. The summed E-state index contributed by atoms with van der Waals surface area (Å²) in [7, 11) is 1.69. The van der Waals surface area contributed by atoms with Gasteiger partial charge in [0.05, 0.1) is 11.1 Å². The van der Waals surface area contributed by atoms with E-state index in [0.29, 0.717) is 6.54 Å². The topological polar surface area (TPSA) is 58.1 Å². The van der Waals surface area contributed by atoms with Crippen LogP contribution in [-0.2, 0) is 4.79 Å². The van der Waals surface area contributed by atoms with E-state index in [2.05, 4.69) is 20.4 Å². The van der Waals surface area contributed by atoms with Crippen molar-refractivity contribution in [1.82, 2.24) is 15.5 Å². The van der Waals surface area contributed by atoms with E-state index < -0.39 is 0 Å². The predicted molar refractivity (Wildman–Crippen MR) is 70.4 cm³/mol. The Kier molecular flexibility index (Phi) is 3.50. The minimum absolute atomic E-state index is 0.104. The van der Waals surface area contributed by atoms with Gasteiger partial charge in [-0.15, -0.1) is 5.10 Å². The number of aromatic nitrogens is 2. The second kappa shape index (κ2) is 4.92. The van der Waals surface area contributed by atoms with Crippen LogP contribution in [0.4, 0.5) is 5.82 Å². The number of carbonyl (C=O) groups is 1. The highest BCUT2D eigenvalue weighted by molar-refractivity contribution is 5.82. The van der Waals surface area contributed by atoms with Crippen molar-refractivity contribution in [2.24, 2.45) is 5.41 Å². The van der Waals surface area contributed by atoms with Gasteiger partial charge in [-0.05, 0) is 38.8 Å². The molecule has 1 saturated heterocycles. The van der Waals surface area contributed by atoms with E-state index in [-0.39, 0.29) is 11.3 Å². The molecule has 1 aromatic heterocycles. The van der Waals surface area contributed by atoms with Crippen molar-refractivity contribution >= 4 is 11.7 Å². The van der Waals surface area contributed by atoms with Crippen LogP contribution in [0, 0.1) is 12.3 Å². The molecule has 5 nitrogen and oxygen atoms in total. The highest BCUT2D eigenvalue weighted by atomic mass is 16.2. The molecular weight excluding hydrogens is 228 g/mol. The number of hydrogen-bond donors (Lipinski definition) is 1.